The second kappa shape index (κ2) is 8.94. The third kappa shape index (κ3) is 4.49. The predicted molar refractivity (Wildman–Crippen MR) is 125 cm³/mol. The number of aromatic nitrogens is 4. The van der Waals surface area contributed by atoms with Gasteiger partial charge in [-0.15, -0.1) is 0 Å². The van der Waals surface area contributed by atoms with Gasteiger partial charge in [-0.3, -0.25) is 4.98 Å². The summed E-state index contributed by atoms with van der Waals surface area (Å²) in [6, 6.07) is 21.9. The summed E-state index contributed by atoms with van der Waals surface area (Å²) in [6.45, 7) is 0. The molecule has 2 heterocycles. The van der Waals surface area contributed by atoms with Gasteiger partial charge in [0.1, 0.15) is 5.82 Å². The highest BCUT2D eigenvalue weighted by atomic mass is 35.5. The van der Waals surface area contributed by atoms with E-state index >= 15 is 0 Å². The molecule has 2 aromatic carbocycles. The molecule has 1 fully saturated rings. The number of pyridine rings is 1. The summed E-state index contributed by atoms with van der Waals surface area (Å²) in [5, 5.41) is 0.717. The quantitative estimate of drug-likeness (QED) is 0.353. The van der Waals surface area contributed by atoms with Gasteiger partial charge in [-0.05, 0) is 37.1 Å². The van der Waals surface area contributed by atoms with Crippen molar-refractivity contribution in [1.82, 2.24) is 19.9 Å². The summed E-state index contributed by atoms with van der Waals surface area (Å²) < 4.78 is 0. The van der Waals surface area contributed by atoms with Crippen molar-refractivity contribution >= 4 is 11.6 Å². The summed E-state index contributed by atoms with van der Waals surface area (Å²) in [4.78, 5) is 19.2. The molecule has 0 spiro atoms. The van der Waals surface area contributed by atoms with Crippen LogP contribution in [0, 0.1) is 0 Å². The number of hydrogen-bond acceptors (Lipinski definition) is 4. The second-order valence-corrected chi connectivity index (χ2v) is 8.42. The van der Waals surface area contributed by atoms with Crippen LogP contribution >= 0.6 is 11.6 Å². The molecule has 1 aliphatic carbocycles. The van der Waals surface area contributed by atoms with Gasteiger partial charge in [-0.1, -0.05) is 73.3 Å². The van der Waals surface area contributed by atoms with Crippen LogP contribution in [0.15, 0.2) is 72.9 Å². The fraction of sp³-hybridized carbons (Fsp3) is 0.231. The molecule has 4 aromatic rings. The zero-order valence-electron chi connectivity index (χ0n) is 17.2. The largest absolute Gasteiger partial charge is 0.255 e. The highest BCUT2D eigenvalue weighted by molar-refractivity contribution is 6.30. The second-order valence-electron chi connectivity index (χ2n) is 7.98. The lowest BCUT2D eigenvalue weighted by atomic mass is 9.88. The van der Waals surface area contributed by atoms with E-state index < -0.39 is 0 Å². The molecular formula is C26H23ClN4. The molecule has 1 aliphatic rings. The van der Waals surface area contributed by atoms with Crippen molar-refractivity contribution in [1.29, 1.82) is 0 Å². The molecule has 5 heteroatoms. The predicted octanol–water partition coefficient (Wildman–Crippen LogP) is 6.97. The molecule has 5 rings (SSSR count). The minimum atomic E-state index is 0.402. The van der Waals surface area contributed by atoms with E-state index in [9.17, 15) is 0 Å². The van der Waals surface area contributed by atoms with Crippen molar-refractivity contribution < 1.29 is 0 Å². The molecule has 0 N–H and O–H groups in total. The van der Waals surface area contributed by atoms with Gasteiger partial charge in [-0.25, -0.2) is 15.0 Å². The summed E-state index contributed by atoms with van der Waals surface area (Å²) in [7, 11) is 0. The Morgan fingerprint density at radius 1 is 0.645 bits per heavy atom. The molecule has 0 atom stereocenters. The summed E-state index contributed by atoms with van der Waals surface area (Å²) in [6.07, 6.45) is 7.92. The molecule has 154 valence electrons. The minimum absolute atomic E-state index is 0.402. The van der Waals surface area contributed by atoms with Crippen molar-refractivity contribution in [2.75, 3.05) is 0 Å². The van der Waals surface area contributed by atoms with Crippen LogP contribution in [0.2, 0.25) is 5.02 Å². The van der Waals surface area contributed by atoms with Crippen molar-refractivity contribution in [3.05, 3.63) is 83.8 Å². The maximum Gasteiger partial charge on any atom is 0.165 e. The first-order chi connectivity index (χ1) is 15.3. The Kier molecular flexibility index (Phi) is 5.72. The smallest absolute Gasteiger partial charge is 0.165 e. The van der Waals surface area contributed by atoms with Crippen molar-refractivity contribution in [3.63, 3.8) is 0 Å². The average molecular weight is 427 g/mol. The van der Waals surface area contributed by atoms with Gasteiger partial charge in [0.05, 0.1) is 5.69 Å². The number of halogens is 1. The van der Waals surface area contributed by atoms with E-state index in [1.165, 1.54) is 19.3 Å². The van der Waals surface area contributed by atoms with E-state index in [1.54, 1.807) is 0 Å². The van der Waals surface area contributed by atoms with Gasteiger partial charge in [0.2, 0.25) is 0 Å². The summed E-state index contributed by atoms with van der Waals surface area (Å²) in [5.74, 6) is 2.72. The summed E-state index contributed by atoms with van der Waals surface area (Å²) in [5.41, 5.74) is 3.83. The molecular weight excluding hydrogens is 404 g/mol. The van der Waals surface area contributed by atoms with E-state index in [4.69, 9.17) is 26.6 Å². The number of hydrogen-bond donors (Lipinski definition) is 0. The lowest BCUT2D eigenvalue weighted by Gasteiger charge is -2.21. The van der Waals surface area contributed by atoms with Crippen molar-refractivity contribution in [2.45, 2.75) is 38.0 Å². The number of nitrogens with zero attached hydrogens (tertiary/aromatic N) is 4. The first-order valence-corrected chi connectivity index (χ1v) is 11.2. The van der Waals surface area contributed by atoms with Gasteiger partial charge in [-0.2, -0.15) is 0 Å². The maximum absolute atomic E-state index is 6.01. The van der Waals surface area contributed by atoms with Crippen molar-refractivity contribution in [2.24, 2.45) is 0 Å². The van der Waals surface area contributed by atoms with Crippen LogP contribution in [-0.4, -0.2) is 19.9 Å². The molecule has 0 amide bonds. The van der Waals surface area contributed by atoms with Crippen LogP contribution in [0.25, 0.3) is 34.0 Å². The SMILES string of the molecule is Clc1ccc(-c2ccc(-c3nc(-c4ccccc4)nc(C4CCCCC4)n3)cn2)cc1. The zero-order chi connectivity index (χ0) is 21.0. The monoisotopic (exact) mass is 426 g/mol. The van der Waals surface area contributed by atoms with E-state index in [2.05, 4.69) is 4.98 Å². The first-order valence-electron chi connectivity index (χ1n) is 10.8. The molecule has 31 heavy (non-hydrogen) atoms. The zero-order valence-corrected chi connectivity index (χ0v) is 18.0. The lowest BCUT2D eigenvalue weighted by Crippen LogP contribution is -2.11. The van der Waals surface area contributed by atoms with Gasteiger partial charge >= 0.3 is 0 Å². The number of benzene rings is 2. The molecule has 2 aromatic heterocycles. The fourth-order valence-electron chi connectivity index (χ4n) is 4.10. The highest BCUT2D eigenvalue weighted by Crippen LogP contribution is 2.32. The Balaban J connectivity index is 1.53. The van der Waals surface area contributed by atoms with Gasteiger partial charge in [0.25, 0.3) is 0 Å². The van der Waals surface area contributed by atoms with Crippen LogP contribution < -0.4 is 0 Å². The van der Waals surface area contributed by atoms with E-state index in [-0.39, 0.29) is 0 Å². The van der Waals surface area contributed by atoms with Crippen LogP contribution in [0.1, 0.15) is 43.8 Å². The van der Waals surface area contributed by atoms with Crippen LogP contribution in [0.5, 0.6) is 0 Å². The van der Waals surface area contributed by atoms with Crippen molar-refractivity contribution in [3.8, 4) is 34.0 Å². The Morgan fingerprint density at radius 3 is 2.00 bits per heavy atom. The first kappa shape index (κ1) is 19.8. The Morgan fingerprint density at radius 2 is 1.32 bits per heavy atom. The number of rotatable bonds is 4. The Hall–Kier alpha value is -3.11. The third-order valence-corrected chi connectivity index (χ3v) is 6.07. The van der Waals surface area contributed by atoms with Crippen LogP contribution in [-0.2, 0) is 0 Å². The molecule has 1 saturated carbocycles. The van der Waals surface area contributed by atoms with E-state index in [0.29, 0.717) is 16.8 Å². The lowest BCUT2D eigenvalue weighted by molar-refractivity contribution is 0.428. The van der Waals surface area contributed by atoms with Crippen LogP contribution in [0.3, 0.4) is 0 Å². The van der Waals surface area contributed by atoms with E-state index in [1.807, 2.05) is 72.9 Å². The fourth-order valence-corrected chi connectivity index (χ4v) is 4.22. The molecule has 0 unspecified atom stereocenters. The molecule has 0 saturated heterocycles. The topological polar surface area (TPSA) is 51.6 Å². The standard InChI is InChI=1S/C26H23ClN4/c27-22-14-11-18(12-15-22)23-16-13-21(17-28-23)26-30-24(19-7-3-1-4-8-19)29-25(31-26)20-9-5-2-6-10-20/h1,3-4,7-8,11-17,20H,2,5-6,9-10H2. The molecule has 0 aliphatic heterocycles. The van der Waals surface area contributed by atoms with E-state index in [0.717, 1.165) is 46.9 Å². The van der Waals surface area contributed by atoms with Gasteiger partial charge in [0.15, 0.2) is 11.6 Å². The molecule has 4 nitrogen and oxygen atoms in total. The maximum atomic E-state index is 6.01. The highest BCUT2D eigenvalue weighted by Gasteiger charge is 2.21. The minimum Gasteiger partial charge on any atom is -0.255 e. The normalized spacial score (nSPS) is 14.5. The van der Waals surface area contributed by atoms with Gasteiger partial charge in [0, 0.05) is 33.8 Å². The third-order valence-electron chi connectivity index (χ3n) is 5.82. The van der Waals surface area contributed by atoms with Gasteiger partial charge < -0.3 is 0 Å². The summed E-state index contributed by atoms with van der Waals surface area (Å²) >= 11 is 6.01. The Labute approximate surface area is 187 Å². The molecule has 0 bridgehead atoms. The molecule has 0 radical (unpaired) electrons. The average Bonchev–Trinajstić information content (AvgIpc) is 2.85. The van der Waals surface area contributed by atoms with Crippen LogP contribution in [0.4, 0.5) is 0 Å². The Bertz CT molecular complexity index is 1150.